The molecular weight excluding hydrogens is 224 g/mol. The minimum Gasteiger partial charge on any atom is -0.377 e. The van der Waals surface area contributed by atoms with Crippen LogP contribution in [0.1, 0.15) is 46.0 Å². The molecule has 3 atom stereocenters. The lowest BCUT2D eigenvalue weighted by Gasteiger charge is -2.66. The molecule has 0 bridgehead atoms. The highest BCUT2D eigenvalue weighted by atomic mass is 16.5. The first-order chi connectivity index (χ1) is 8.56. The number of fused-ring (bicyclic) bond motifs is 1. The Morgan fingerprint density at radius 2 is 2.06 bits per heavy atom. The lowest BCUT2D eigenvalue weighted by atomic mass is 9.46. The number of ether oxygens (including phenoxy) is 1. The third kappa shape index (κ3) is 1.91. The van der Waals surface area contributed by atoms with E-state index in [2.05, 4.69) is 19.2 Å². The molecule has 0 spiro atoms. The van der Waals surface area contributed by atoms with Crippen molar-refractivity contribution in [2.75, 3.05) is 19.7 Å². The van der Waals surface area contributed by atoms with Crippen LogP contribution in [0.4, 0.5) is 0 Å². The predicted octanol–water partition coefficient (Wildman–Crippen LogP) is 1.91. The van der Waals surface area contributed by atoms with Crippen LogP contribution < -0.4 is 11.1 Å². The van der Waals surface area contributed by atoms with Gasteiger partial charge in [-0.3, -0.25) is 0 Å². The number of nitrogens with one attached hydrogen (secondary N) is 1. The van der Waals surface area contributed by atoms with Gasteiger partial charge in [0.25, 0.3) is 0 Å². The van der Waals surface area contributed by atoms with Crippen molar-refractivity contribution in [3.63, 3.8) is 0 Å². The Bertz CT molecular complexity index is 314. The van der Waals surface area contributed by atoms with Gasteiger partial charge in [-0.05, 0) is 31.7 Å². The maximum atomic E-state index is 6.73. The standard InChI is InChI=1S/C15H28N2O/c1-14(2)13-12(4-3-9-18-13)15(14,16)10-17-8-7-11-5-6-11/h11-13,17H,3-10,16H2,1-2H3. The normalized spacial score (nSPS) is 42.2. The number of nitrogens with two attached hydrogens (primary N) is 1. The summed E-state index contributed by atoms with van der Waals surface area (Å²) in [5.74, 6) is 1.57. The molecular formula is C15H28N2O. The molecule has 3 rings (SSSR count). The molecule has 3 nitrogen and oxygen atoms in total. The van der Waals surface area contributed by atoms with Crippen LogP contribution in [0.3, 0.4) is 0 Å². The molecule has 3 N–H and O–H groups in total. The van der Waals surface area contributed by atoms with Crippen molar-refractivity contribution in [3.8, 4) is 0 Å². The molecule has 0 aromatic rings. The third-order valence-electron chi connectivity index (χ3n) is 5.74. The van der Waals surface area contributed by atoms with E-state index in [0.717, 1.165) is 25.6 Å². The lowest BCUT2D eigenvalue weighted by Crippen LogP contribution is -2.80. The second kappa shape index (κ2) is 4.46. The first-order valence-electron chi connectivity index (χ1n) is 7.67. The maximum absolute atomic E-state index is 6.73. The van der Waals surface area contributed by atoms with Crippen molar-refractivity contribution in [2.24, 2.45) is 23.0 Å². The van der Waals surface area contributed by atoms with Gasteiger partial charge in [-0.2, -0.15) is 0 Å². The number of hydrogen-bond acceptors (Lipinski definition) is 3. The summed E-state index contributed by atoms with van der Waals surface area (Å²) in [5.41, 5.74) is 6.77. The van der Waals surface area contributed by atoms with E-state index in [1.54, 1.807) is 0 Å². The summed E-state index contributed by atoms with van der Waals surface area (Å²) in [4.78, 5) is 0. The lowest BCUT2D eigenvalue weighted by molar-refractivity contribution is -0.225. The third-order valence-corrected chi connectivity index (χ3v) is 5.74. The van der Waals surface area contributed by atoms with Gasteiger partial charge in [-0.1, -0.05) is 26.7 Å². The fraction of sp³-hybridized carbons (Fsp3) is 1.00. The number of rotatable bonds is 5. The van der Waals surface area contributed by atoms with Gasteiger partial charge in [0, 0.05) is 30.0 Å². The van der Waals surface area contributed by atoms with E-state index >= 15 is 0 Å². The van der Waals surface area contributed by atoms with Gasteiger partial charge in [-0.15, -0.1) is 0 Å². The summed E-state index contributed by atoms with van der Waals surface area (Å²) < 4.78 is 5.93. The van der Waals surface area contributed by atoms with E-state index in [-0.39, 0.29) is 11.0 Å². The molecule has 0 aromatic heterocycles. The average molecular weight is 252 g/mol. The van der Waals surface area contributed by atoms with Crippen LogP contribution in [0.5, 0.6) is 0 Å². The molecule has 3 heteroatoms. The summed E-state index contributed by atoms with van der Waals surface area (Å²) in [6, 6.07) is 0. The Morgan fingerprint density at radius 3 is 2.78 bits per heavy atom. The molecule has 3 unspecified atom stereocenters. The summed E-state index contributed by atoms with van der Waals surface area (Å²) in [6.45, 7) is 7.58. The molecule has 2 aliphatic carbocycles. The van der Waals surface area contributed by atoms with Gasteiger partial charge >= 0.3 is 0 Å². The van der Waals surface area contributed by atoms with Crippen LogP contribution in [0.25, 0.3) is 0 Å². The fourth-order valence-electron chi connectivity index (χ4n) is 4.03. The van der Waals surface area contributed by atoms with Crippen molar-refractivity contribution >= 4 is 0 Å². The zero-order valence-corrected chi connectivity index (χ0v) is 11.9. The van der Waals surface area contributed by atoms with E-state index in [4.69, 9.17) is 10.5 Å². The molecule has 0 amide bonds. The Morgan fingerprint density at radius 1 is 1.28 bits per heavy atom. The molecule has 1 heterocycles. The van der Waals surface area contributed by atoms with Gasteiger partial charge in [0.2, 0.25) is 0 Å². The largest absolute Gasteiger partial charge is 0.377 e. The molecule has 1 saturated heterocycles. The second-order valence-electron chi connectivity index (χ2n) is 7.21. The highest BCUT2D eigenvalue weighted by molar-refractivity contribution is 5.20. The molecule has 104 valence electrons. The molecule has 0 aromatic carbocycles. The van der Waals surface area contributed by atoms with Crippen molar-refractivity contribution in [2.45, 2.75) is 57.6 Å². The van der Waals surface area contributed by atoms with E-state index in [0.29, 0.717) is 12.0 Å². The Labute approximate surface area is 111 Å². The molecule has 0 radical (unpaired) electrons. The van der Waals surface area contributed by atoms with E-state index in [1.807, 2.05) is 0 Å². The van der Waals surface area contributed by atoms with Crippen LogP contribution >= 0.6 is 0 Å². The van der Waals surface area contributed by atoms with Gasteiger partial charge in [-0.25, -0.2) is 0 Å². The summed E-state index contributed by atoms with van der Waals surface area (Å²) in [7, 11) is 0. The summed E-state index contributed by atoms with van der Waals surface area (Å²) in [5, 5.41) is 3.61. The van der Waals surface area contributed by atoms with Crippen molar-refractivity contribution in [1.82, 2.24) is 5.32 Å². The van der Waals surface area contributed by atoms with Crippen molar-refractivity contribution in [3.05, 3.63) is 0 Å². The molecule has 18 heavy (non-hydrogen) atoms. The predicted molar refractivity (Wildman–Crippen MR) is 73.4 cm³/mol. The smallest absolute Gasteiger partial charge is 0.0690 e. The van der Waals surface area contributed by atoms with E-state index < -0.39 is 0 Å². The van der Waals surface area contributed by atoms with Crippen LogP contribution in [0.2, 0.25) is 0 Å². The Balaban J connectivity index is 1.54. The Hall–Kier alpha value is -0.120. The average Bonchev–Trinajstić information content (AvgIpc) is 3.18. The van der Waals surface area contributed by atoms with Gasteiger partial charge < -0.3 is 15.8 Å². The first-order valence-corrected chi connectivity index (χ1v) is 7.67. The molecule has 1 aliphatic heterocycles. The van der Waals surface area contributed by atoms with Gasteiger partial charge in [0.05, 0.1) is 6.10 Å². The fourth-order valence-corrected chi connectivity index (χ4v) is 4.03. The SMILES string of the molecule is CC1(C)C2OCCCC2C1(N)CNCCC1CC1. The Kier molecular flexibility index (Phi) is 3.20. The van der Waals surface area contributed by atoms with E-state index in [9.17, 15) is 0 Å². The zero-order valence-electron chi connectivity index (χ0n) is 11.9. The minimum atomic E-state index is -0.0678. The second-order valence-corrected chi connectivity index (χ2v) is 7.21. The maximum Gasteiger partial charge on any atom is 0.0690 e. The van der Waals surface area contributed by atoms with E-state index in [1.165, 1.54) is 32.1 Å². The minimum absolute atomic E-state index is 0.0678. The van der Waals surface area contributed by atoms with Crippen LogP contribution in [0, 0.1) is 17.3 Å². The van der Waals surface area contributed by atoms with Gasteiger partial charge in [0.1, 0.15) is 0 Å². The van der Waals surface area contributed by atoms with Crippen LogP contribution in [0.15, 0.2) is 0 Å². The van der Waals surface area contributed by atoms with Crippen molar-refractivity contribution < 1.29 is 4.74 Å². The quantitative estimate of drug-likeness (QED) is 0.735. The zero-order chi connectivity index (χ0) is 12.8. The molecule has 2 saturated carbocycles. The monoisotopic (exact) mass is 252 g/mol. The highest BCUT2D eigenvalue weighted by Gasteiger charge is 2.65. The highest BCUT2D eigenvalue weighted by Crippen LogP contribution is 2.56. The molecule has 3 aliphatic rings. The van der Waals surface area contributed by atoms with Crippen LogP contribution in [-0.4, -0.2) is 31.3 Å². The summed E-state index contributed by atoms with van der Waals surface area (Å²) in [6.07, 6.45) is 7.04. The number of hydrogen-bond donors (Lipinski definition) is 2. The first kappa shape index (κ1) is 12.9. The van der Waals surface area contributed by atoms with Crippen molar-refractivity contribution in [1.29, 1.82) is 0 Å². The van der Waals surface area contributed by atoms with Crippen LogP contribution in [-0.2, 0) is 4.74 Å². The van der Waals surface area contributed by atoms with Gasteiger partial charge in [0.15, 0.2) is 0 Å². The topological polar surface area (TPSA) is 47.3 Å². The summed E-state index contributed by atoms with van der Waals surface area (Å²) >= 11 is 0. The molecule has 3 fully saturated rings.